The summed E-state index contributed by atoms with van der Waals surface area (Å²) in [6.45, 7) is 2.11. The van der Waals surface area contributed by atoms with Gasteiger partial charge in [0.25, 0.3) is 0 Å². The van der Waals surface area contributed by atoms with Crippen LogP contribution < -0.4 is 15.5 Å². The third kappa shape index (κ3) is 4.56. The lowest BCUT2D eigenvalue weighted by molar-refractivity contribution is -0.125. The number of benzene rings is 1. The first-order chi connectivity index (χ1) is 15.2. The smallest absolute Gasteiger partial charge is 0.225 e. The van der Waals surface area contributed by atoms with E-state index in [0.717, 1.165) is 54.5 Å². The van der Waals surface area contributed by atoms with E-state index in [1.807, 2.05) is 36.5 Å². The van der Waals surface area contributed by atoms with E-state index in [-0.39, 0.29) is 11.8 Å². The summed E-state index contributed by atoms with van der Waals surface area (Å²) in [6.07, 6.45) is 7.70. The van der Waals surface area contributed by atoms with Gasteiger partial charge in [-0.15, -0.1) is 0 Å². The molecular formula is C23H25ClN6O. The summed E-state index contributed by atoms with van der Waals surface area (Å²) < 4.78 is 0. The third-order valence-corrected chi connectivity index (χ3v) is 6.27. The highest BCUT2D eigenvalue weighted by Crippen LogP contribution is 2.29. The summed E-state index contributed by atoms with van der Waals surface area (Å²) >= 11 is 6.23. The number of pyridine rings is 1. The second-order valence-electron chi connectivity index (χ2n) is 8.27. The minimum atomic E-state index is 0.00360. The molecule has 1 saturated carbocycles. The molecular weight excluding hydrogens is 412 g/mol. The summed E-state index contributed by atoms with van der Waals surface area (Å²) in [4.78, 5) is 28.5. The van der Waals surface area contributed by atoms with E-state index in [0.29, 0.717) is 30.1 Å². The largest absolute Gasteiger partial charge is 0.355 e. The number of nitrogens with zero attached hydrogens (tertiary/aromatic N) is 4. The first-order valence-electron chi connectivity index (χ1n) is 10.8. The van der Waals surface area contributed by atoms with Crippen LogP contribution in [-0.2, 0) is 11.3 Å². The lowest BCUT2D eigenvalue weighted by atomic mass is 9.97. The van der Waals surface area contributed by atoms with Crippen molar-refractivity contribution < 1.29 is 4.79 Å². The number of hydrogen-bond acceptors (Lipinski definition) is 6. The zero-order valence-corrected chi connectivity index (χ0v) is 18.0. The number of fused-ring (bicyclic) bond motifs is 1. The number of halogens is 1. The normalized spacial score (nSPS) is 18.7. The Morgan fingerprint density at radius 2 is 2.03 bits per heavy atom. The number of carbonyl (C=O) groups is 1. The van der Waals surface area contributed by atoms with Crippen LogP contribution in [0.5, 0.6) is 0 Å². The number of carbonyl (C=O) groups excluding carboxylic acids is 1. The molecule has 2 N–H and O–H groups in total. The second-order valence-corrected chi connectivity index (χ2v) is 8.68. The molecule has 1 aliphatic carbocycles. The van der Waals surface area contributed by atoms with Gasteiger partial charge < -0.3 is 15.5 Å². The lowest BCUT2D eigenvalue weighted by Crippen LogP contribution is -2.44. The van der Waals surface area contributed by atoms with Gasteiger partial charge in [-0.1, -0.05) is 29.8 Å². The van der Waals surface area contributed by atoms with Crippen molar-refractivity contribution in [1.29, 1.82) is 0 Å². The van der Waals surface area contributed by atoms with E-state index in [1.165, 1.54) is 0 Å². The van der Waals surface area contributed by atoms with Crippen LogP contribution in [0.25, 0.3) is 10.9 Å². The fraction of sp³-hybridized carbons (Fsp3) is 0.391. The van der Waals surface area contributed by atoms with E-state index >= 15 is 0 Å². The molecule has 1 aliphatic heterocycles. The molecule has 0 spiro atoms. The fourth-order valence-electron chi connectivity index (χ4n) is 4.03. The van der Waals surface area contributed by atoms with Gasteiger partial charge in [-0.3, -0.25) is 4.79 Å². The fourth-order valence-corrected chi connectivity index (χ4v) is 4.23. The highest BCUT2D eigenvalue weighted by atomic mass is 35.5. The van der Waals surface area contributed by atoms with E-state index in [1.54, 1.807) is 6.20 Å². The van der Waals surface area contributed by atoms with Crippen molar-refractivity contribution in [2.45, 2.75) is 38.3 Å². The van der Waals surface area contributed by atoms with Crippen molar-refractivity contribution >= 4 is 40.2 Å². The molecule has 1 atom stereocenters. The molecule has 0 radical (unpaired) electrons. The van der Waals surface area contributed by atoms with Gasteiger partial charge in [-0.05, 0) is 43.4 Å². The van der Waals surface area contributed by atoms with Crippen LogP contribution in [-0.4, -0.2) is 40.0 Å². The maximum atomic E-state index is 12.5. The van der Waals surface area contributed by atoms with Gasteiger partial charge in [0.15, 0.2) is 0 Å². The molecule has 1 amide bonds. The maximum Gasteiger partial charge on any atom is 0.225 e. The number of rotatable bonds is 6. The Kier molecular flexibility index (Phi) is 5.59. The van der Waals surface area contributed by atoms with Crippen LogP contribution in [0.15, 0.2) is 42.7 Å². The van der Waals surface area contributed by atoms with Crippen molar-refractivity contribution in [3.05, 3.63) is 53.3 Å². The highest BCUT2D eigenvalue weighted by Gasteiger charge is 2.31. The van der Waals surface area contributed by atoms with E-state index in [9.17, 15) is 4.79 Å². The van der Waals surface area contributed by atoms with E-state index in [4.69, 9.17) is 11.6 Å². The van der Waals surface area contributed by atoms with Crippen LogP contribution in [0.2, 0.25) is 5.02 Å². The quantitative estimate of drug-likeness (QED) is 0.611. The van der Waals surface area contributed by atoms with Crippen LogP contribution in [0.3, 0.4) is 0 Å². The molecule has 3 heterocycles. The molecule has 5 rings (SSSR count). The average Bonchev–Trinajstić information content (AvgIpc) is 3.62. The first kappa shape index (κ1) is 20.0. The Morgan fingerprint density at radius 1 is 1.16 bits per heavy atom. The number of aromatic nitrogens is 3. The summed E-state index contributed by atoms with van der Waals surface area (Å²) in [5.41, 5.74) is 1.82. The molecule has 0 bridgehead atoms. The minimum absolute atomic E-state index is 0.00360. The van der Waals surface area contributed by atoms with Crippen molar-refractivity contribution in [3.63, 3.8) is 0 Å². The second kappa shape index (κ2) is 8.67. The minimum Gasteiger partial charge on any atom is -0.355 e. The molecule has 2 fully saturated rings. The van der Waals surface area contributed by atoms with Gasteiger partial charge in [-0.2, -0.15) is 0 Å². The standard InChI is InChI=1S/C23H25ClN6O/c24-19-6-2-1-4-15(19)12-26-23-27-13-18-20(29-23)9-10-25-21(18)30-11-3-5-16(14-30)22(31)28-17-7-8-17/h1-2,4,6,9-10,13,16-17H,3,5,7-8,11-12,14H2,(H,28,31)(H,26,27,29). The topological polar surface area (TPSA) is 83.0 Å². The predicted molar refractivity (Wildman–Crippen MR) is 122 cm³/mol. The molecule has 7 nitrogen and oxygen atoms in total. The molecule has 1 unspecified atom stereocenters. The summed E-state index contributed by atoms with van der Waals surface area (Å²) in [6, 6.07) is 10.00. The number of amides is 1. The predicted octanol–water partition coefficient (Wildman–Crippen LogP) is 3.79. The van der Waals surface area contributed by atoms with Crippen molar-refractivity contribution in [2.24, 2.45) is 5.92 Å². The van der Waals surface area contributed by atoms with Crippen LogP contribution in [0.1, 0.15) is 31.2 Å². The zero-order valence-electron chi connectivity index (χ0n) is 17.2. The Hall–Kier alpha value is -2.93. The lowest BCUT2D eigenvalue weighted by Gasteiger charge is -2.33. The molecule has 3 aromatic rings. The van der Waals surface area contributed by atoms with Gasteiger partial charge in [0.1, 0.15) is 5.82 Å². The Bertz CT molecular complexity index is 1100. The number of piperidine rings is 1. The highest BCUT2D eigenvalue weighted by molar-refractivity contribution is 6.31. The summed E-state index contributed by atoms with van der Waals surface area (Å²) in [7, 11) is 0. The molecule has 2 aliphatic rings. The van der Waals surface area contributed by atoms with Crippen LogP contribution >= 0.6 is 11.6 Å². The molecule has 1 aromatic carbocycles. The van der Waals surface area contributed by atoms with Crippen molar-refractivity contribution in [3.8, 4) is 0 Å². The summed E-state index contributed by atoms with van der Waals surface area (Å²) in [5.74, 6) is 1.57. The van der Waals surface area contributed by atoms with Crippen molar-refractivity contribution in [2.75, 3.05) is 23.3 Å². The first-order valence-corrected chi connectivity index (χ1v) is 11.2. The number of anilines is 2. The van der Waals surface area contributed by atoms with Gasteiger partial charge in [0.2, 0.25) is 11.9 Å². The Labute approximate surface area is 186 Å². The van der Waals surface area contributed by atoms with E-state index < -0.39 is 0 Å². The Morgan fingerprint density at radius 3 is 2.87 bits per heavy atom. The molecule has 160 valence electrons. The SMILES string of the molecule is O=C(NC1CC1)C1CCCN(c2nccc3nc(NCc4ccccc4Cl)ncc23)C1. The Balaban J connectivity index is 1.32. The van der Waals surface area contributed by atoms with Gasteiger partial charge in [-0.25, -0.2) is 15.0 Å². The average molecular weight is 437 g/mol. The zero-order chi connectivity index (χ0) is 21.2. The molecule has 1 saturated heterocycles. The number of hydrogen-bond donors (Lipinski definition) is 2. The molecule has 2 aromatic heterocycles. The molecule has 31 heavy (non-hydrogen) atoms. The van der Waals surface area contributed by atoms with Crippen LogP contribution in [0.4, 0.5) is 11.8 Å². The molecule has 8 heteroatoms. The number of nitrogens with one attached hydrogen (secondary N) is 2. The van der Waals surface area contributed by atoms with Gasteiger partial charge in [0.05, 0.1) is 16.8 Å². The monoisotopic (exact) mass is 436 g/mol. The van der Waals surface area contributed by atoms with Crippen LogP contribution in [0, 0.1) is 5.92 Å². The van der Waals surface area contributed by atoms with E-state index in [2.05, 4.69) is 30.5 Å². The third-order valence-electron chi connectivity index (χ3n) is 5.90. The van der Waals surface area contributed by atoms with Gasteiger partial charge >= 0.3 is 0 Å². The summed E-state index contributed by atoms with van der Waals surface area (Å²) in [5, 5.41) is 8.00. The van der Waals surface area contributed by atoms with Gasteiger partial charge in [0, 0.05) is 43.1 Å². The van der Waals surface area contributed by atoms with Crippen molar-refractivity contribution in [1.82, 2.24) is 20.3 Å². The maximum absolute atomic E-state index is 12.5.